The number of carbonyl (C=O) groups is 2. The SMILES string of the molecule is N#Cc1cc(C2=COC(c3cc(Cl)cc(Cl)c3)(C(F)(F)F)C2)ccc1C(=O)NCC(=O)NCC(F)(F)F. The molecule has 2 N–H and O–H groups in total. The van der Waals surface area contributed by atoms with Crippen molar-refractivity contribution in [1.82, 2.24) is 10.6 Å². The Bertz CT molecular complexity index is 1280. The molecule has 2 aromatic carbocycles. The van der Waals surface area contributed by atoms with Gasteiger partial charge in [-0.3, -0.25) is 9.59 Å². The van der Waals surface area contributed by atoms with Gasteiger partial charge in [0.1, 0.15) is 6.54 Å². The van der Waals surface area contributed by atoms with Crippen molar-refractivity contribution in [3.05, 3.63) is 75.0 Å². The number of ether oxygens (including phenoxy) is 1. The van der Waals surface area contributed by atoms with Gasteiger partial charge in [0.15, 0.2) is 0 Å². The molecule has 1 heterocycles. The average Bonchev–Trinajstić information content (AvgIpc) is 3.27. The first-order valence-electron chi connectivity index (χ1n) is 10.2. The van der Waals surface area contributed by atoms with Crippen molar-refractivity contribution in [3.8, 4) is 6.07 Å². The van der Waals surface area contributed by atoms with Crippen LogP contribution in [0.5, 0.6) is 0 Å². The molecule has 6 nitrogen and oxygen atoms in total. The number of carbonyl (C=O) groups excluding carboxylic acids is 2. The van der Waals surface area contributed by atoms with E-state index in [1.807, 2.05) is 0 Å². The minimum Gasteiger partial charge on any atom is -0.480 e. The van der Waals surface area contributed by atoms with Crippen LogP contribution in [-0.4, -0.2) is 37.3 Å². The van der Waals surface area contributed by atoms with E-state index in [1.54, 1.807) is 11.4 Å². The maximum atomic E-state index is 14.2. The van der Waals surface area contributed by atoms with Crippen LogP contribution in [0, 0.1) is 11.3 Å². The van der Waals surface area contributed by atoms with Crippen LogP contribution in [0.15, 0.2) is 42.7 Å². The normalized spacial score (nSPS) is 17.4. The average molecular weight is 566 g/mol. The molecule has 1 aliphatic rings. The molecule has 0 saturated carbocycles. The predicted molar refractivity (Wildman–Crippen MR) is 120 cm³/mol. The van der Waals surface area contributed by atoms with Crippen LogP contribution in [-0.2, 0) is 15.1 Å². The Balaban J connectivity index is 1.80. The molecule has 1 unspecified atom stereocenters. The van der Waals surface area contributed by atoms with Gasteiger partial charge >= 0.3 is 12.4 Å². The van der Waals surface area contributed by atoms with Gasteiger partial charge in [0.05, 0.1) is 30.0 Å². The lowest BCUT2D eigenvalue weighted by molar-refractivity contribution is -0.260. The smallest absolute Gasteiger partial charge is 0.432 e. The Kier molecular flexibility index (Phi) is 8.00. The van der Waals surface area contributed by atoms with E-state index in [0.717, 1.165) is 30.5 Å². The summed E-state index contributed by atoms with van der Waals surface area (Å²) in [7, 11) is 0. The summed E-state index contributed by atoms with van der Waals surface area (Å²) in [6.45, 7) is -2.38. The minimum atomic E-state index is -4.89. The van der Waals surface area contributed by atoms with Crippen molar-refractivity contribution < 1.29 is 40.7 Å². The lowest BCUT2D eigenvalue weighted by Crippen LogP contribution is -2.42. The molecule has 37 heavy (non-hydrogen) atoms. The van der Waals surface area contributed by atoms with Gasteiger partial charge in [-0.25, -0.2) is 0 Å². The summed E-state index contributed by atoms with van der Waals surface area (Å²) in [6.07, 6.45) is -9.32. The van der Waals surface area contributed by atoms with E-state index in [0.29, 0.717) is 0 Å². The van der Waals surface area contributed by atoms with Gasteiger partial charge in [0, 0.05) is 22.0 Å². The third-order valence-electron chi connectivity index (χ3n) is 5.28. The molecule has 14 heteroatoms. The Hall–Kier alpha value is -3.43. The van der Waals surface area contributed by atoms with Crippen LogP contribution in [0.3, 0.4) is 0 Å². The Labute approximate surface area is 215 Å². The van der Waals surface area contributed by atoms with Crippen LogP contribution in [0.2, 0.25) is 10.0 Å². The second-order valence-corrected chi connectivity index (χ2v) is 8.74. The Morgan fingerprint density at radius 3 is 2.24 bits per heavy atom. The summed E-state index contributed by atoms with van der Waals surface area (Å²) < 4.78 is 84.2. The molecule has 2 amide bonds. The predicted octanol–water partition coefficient (Wildman–Crippen LogP) is 5.49. The van der Waals surface area contributed by atoms with Gasteiger partial charge in [0.2, 0.25) is 11.5 Å². The van der Waals surface area contributed by atoms with E-state index in [4.69, 9.17) is 27.9 Å². The summed E-state index contributed by atoms with van der Waals surface area (Å²) in [5.74, 6) is -2.06. The maximum absolute atomic E-state index is 14.2. The summed E-state index contributed by atoms with van der Waals surface area (Å²) in [5.41, 5.74) is -3.41. The summed E-state index contributed by atoms with van der Waals surface area (Å²) >= 11 is 11.8. The standard InChI is InChI=1S/C23H15Cl2F6N3O3/c24-16-4-15(5-17(25)6-16)21(23(29,30)31)7-14(10-37-21)12-1-2-18(13(3-12)8-32)20(36)33-9-19(35)34-11-22(26,27)28/h1-6,10H,7,9,11H2,(H,33,36)(H,34,35). The van der Waals surface area contributed by atoms with E-state index in [1.165, 1.54) is 12.1 Å². The molecule has 196 valence electrons. The van der Waals surface area contributed by atoms with Crippen LogP contribution in [0.25, 0.3) is 5.57 Å². The molecule has 0 radical (unpaired) electrons. The number of amides is 2. The second-order valence-electron chi connectivity index (χ2n) is 7.87. The van der Waals surface area contributed by atoms with Gasteiger partial charge in [-0.1, -0.05) is 29.3 Å². The fourth-order valence-electron chi connectivity index (χ4n) is 3.53. The minimum absolute atomic E-state index is 0.0302. The Morgan fingerprint density at radius 2 is 1.68 bits per heavy atom. The molecule has 3 rings (SSSR count). The van der Waals surface area contributed by atoms with Crippen molar-refractivity contribution in [1.29, 1.82) is 5.26 Å². The van der Waals surface area contributed by atoms with Crippen molar-refractivity contribution in [3.63, 3.8) is 0 Å². The first-order chi connectivity index (χ1) is 17.1. The van der Waals surface area contributed by atoms with E-state index >= 15 is 0 Å². The third-order valence-corrected chi connectivity index (χ3v) is 5.72. The Morgan fingerprint density at radius 1 is 1.03 bits per heavy atom. The highest BCUT2D eigenvalue weighted by Gasteiger charge is 2.60. The third kappa shape index (κ3) is 6.47. The first kappa shape index (κ1) is 28.1. The monoisotopic (exact) mass is 565 g/mol. The number of rotatable bonds is 6. The lowest BCUT2D eigenvalue weighted by Gasteiger charge is -2.32. The molecule has 1 aliphatic heterocycles. The molecule has 1 atom stereocenters. The van der Waals surface area contributed by atoms with E-state index in [9.17, 15) is 41.2 Å². The van der Waals surface area contributed by atoms with Crippen LogP contribution in [0.4, 0.5) is 26.3 Å². The zero-order valence-electron chi connectivity index (χ0n) is 18.4. The summed E-state index contributed by atoms with van der Waals surface area (Å²) in [5, 5.41) is 13.1. The van der Waals surface area contributed by atoms with Crippen LogP contribution >= 0.6 is 23.2 Å². The van der Waals surface area contributed by atoms with Crippen molar-refractivity contribution >= 4 is 40.6 Å². The zero-order valence-corrected chi connectivity index (χ0v) is 19.9. The van der Waals surface area contributed by atoms with Gasteiger partial charge in [-0.15, -0.1) is 0 Å². The fourth-order valence-corrected chi connectivity index (χ4v) is 4.06. The van der Waals surface area contributed by atoms with Crippen LogP contribution in [0.1, 0.15) is 33.5 Å². The number of halogens is 8. The zero-order chi connectivity index (χ0) is 27.6. The summed E-state index contributed by atoms with van der Waals surface area (Å²) in [6, 6.07) is 8.73. The molecule has 0 fully saturated rings. The number of nitrogens with zero attached hydrogens (tertiary/aromatic N) is 1. The van der Waals surface area contributed by atoms with E-state index < -0.39 is 49.3 Å². The van der Waals surface area contributed by atoms with Crippen molar-refractivity contribution in [2.24, 2.45) is 0 Å². The van der Waals surface area contributed by atoms with Crippen molar-refractivity contribution in [2.75, 3.05) is 13.1 Å². The maximum Gasteiger partial charge on any atom is 0.432 e. The first-order valence-corrected chi connectivity index (χ1v) is 11.0. The number of nitrogens with one attached hydrogen (secondary N) is 2. The molecule has 0 aromatic heterocycles. The van der Waals surface area contributed by atoms with Gasteiger partial charge < -0.3 is 15.4 Å². The molecule has 0 aliphatic carbocycles. The second kappa shape index (κ2) is 10.5. The molecule has 0 bridgehead atoms. The van der Waals surface area contributed by atoms with E-state index in [2.05, 4.69) is 5.32 Å². The highest BCUT2D eigenvalue weighted by atomic mass is 35.5. The molecule has 0 saturated heterocycles. The highest BCUT2D eigenvalue weighted by molar-refractivity contribution is 6.34. The summed E-state index contributed by atoms with van der Waals surface area (Å²) in [4.78, 5) is 23.9. The molecule has 2 aromatic rings. The number of benzene rings is 2. The van der Waals surface area contributed by atoms with E-state index in [-0.39, 0.29) is 37.9 Å². The molecular formula is C23H15Cl2F6N3O3. The topological polar surface area (TPSA) is 91.2 Å². The number of hydrogen-bond donors (Lipinski definition) is 2. The van der Waals surface area contributed by atoms with Gasteiger partial charge in [-0.05, 0) is 41.5 Å². The molecule has 0 spiro atoms. The van der Waals surface area contributed by atoms with Gasteiger partial charge in [-0.2, -0.15) is 31.6 Å². The largest absolute Gasteiger partial charge is 0.480 e. The number of hydrogen-bond acceptors (Lipinski definition) is 4. The number of nitriles is 1. The van der Waals surface area contributed by atoms with Crippen LogP contribution < -0.4 is 10.6 Å². The quantitative estimate of drug-likeness (QED) is 0.453. The lowest BCUT2D eigenvalue weighted by atomic mass is 9.85. The van der Waals surface area contributed by atoms with Gasteiger partial charge in [0.25, 0.3) is 5.91 Å². The molecular weight excluding hydrogens is 551 g/mol. The van der Waals surface area contributed by atoms with Crippen molar-refractivity contribution in [2.45, 2.75) is 24.4 Å². The number of alkyl halides is 6. The highest BCUT2D eigenvalue weighted by Crippen LogP contribution is 2.52. The fraction of sp³-hybridized carbons (Fsp3) is 0.261.